The third kappa shape index (κ3) is 5.46. The molecule has 0 fully saturated rings. The molecule has 0 aromatic rings. The standard InChI is InChI=1S/C10H19O3P/c1-3-5-6-7-8-9(4-2)10(11)14(12)13/h9H,3-8H2,1-2H3/p+1. The lowest BCUT2D eigenvalue weighted by Crippen LogP contribution is -2.09. The predicted octanol–water partition coefficient (Wildman–Crippen LogP) is 3.24. The van der Waals surface area contributed by atoms with Crippen molar-refractivity contribution in [3.8, 4) is 0 Å². The van der Waals surface area contributed by atoms with Crippen molar-refractivity contribution < 1.29 is 14.3 Å². The number of carbonyl (C=O) groups excluding carboxylic acids is 1. The van der Waals surface area contributed by atoms with Crippen molar-refractivity contribution in [2.45, 2.75) is 52.4 Å². The molecule has 0 aromatic heterocycles. The summed E-state index contributed by atoms with van der Waals surface area (Å²) in [4.78, 5) is 19.9. The summed E-state index contributed by atoms with van der Waals surface area (Å²) in [5.74, 6) is -0.208. The van der Waals surface area contributed by atoms with E-state index in [9.17, 15) is 9.36 Å². The molecule has 0 spiro atoms. The van der Waals surface area contributed by atoms with Crippen LogP contribution in [0.5, 0.6) is 0 Å². The van der Waals surface area contributed by atoms with E-state index in [-0.39, 0.29) is 5.92 Å². The molecule has 0 aliphatic carbocycles. The average Bonchev–Trinajstić information content (AvgIpc) is 2.17. The molecule has 3 nitrogen and oxygen atoms in total. The Morgan fingerprint density at radius 2 is 1.93 bits per heavy atom. The first kappa shape index (κ1) is 13.7. The summed E-state index contributed by atoms with van der Waals surface area (Å²) in [5.41, 5.74) is -0.473. The molecular formula is C10H20O3P+. The van der Waals surface area contributed by atoms with Crippen molar-refractivity contribution in [2.24, 2.45) is 5.92 Å². The van der Waals surface area contributed by atoms with Gasteiger partial charge in [-0.2, -0.15) is 4.89 Å². The summed E-state index contributed by atoms with van der Waals surface area (Å²) in [6.07, 6.45) is 5.88. The fourth-order valence-corrected chi connectivity index (χ4v) is 2.10. The van der Waals surface area contributed by atoms with E-state index in [1.54, 1.807) is 0 Å². The molecule has 0 saturated heterocycles. The van der Waals surface area contributed by atoms with Gasteiger partial charge in [-0.25, -0.2) is 4.79 Å². The molecule has 0 saturated carbocycles. The summed E-state index contributed by atoms with van der Waals surface area (Å²) in [6, 6.07) is 0. The van der Waals surface area contributed by atoms with E-state index in [1.165, 1.54) is 12.8 Å². The smallest absolute Gasteiger partial charge is 0.236 e. The second kappa shape index (κ2) is 8.07. The van der Waals surface area contributed by atoms with Crippen LogP contribution in [0.25, 0.3) is 0 Å². The molecule has 0 amide bonds. The van der Waals surface area contributed by atoms with E-state index in [0.717, 1.165) is 19.3 Å². The lowest BCUT2D eigenvalue weighted by atomic mass is 10.00. The largest absolute Gasteiger partial charge is 0.585 e. The number of hydrogen-bond donors (Lipinski definition) is 1. The lowest BCUT2D eigenvalue weighted by molar-refractivity contribution is -0.116. The van der Waals surface area contributed by atoms with Gasteiger partial charge < -0.3 is 0 Å². The zero-order valence-corrected chi connectivity index (χ0v) is 9.93. The van der Waals surface area contributed by atoms with Crippen LogP contribution >= 0.6 is 8.03 Å². The van der Waals surface area contributed by atoms with Gasteiger partial charge in [0.15, 0.2) is 0 Å². The molecule has 2 atom stereocenters. The van der Waals surface area contributed by atoms with Gasteiger partial charge in [-0.15, -0.1) is 0 Å². The monoisotopic (exact) mass is 219 g/mol. The minimum Gasteiger partial charge on any atom is -0.236 e. The molecule has 0 aliphatic heterocycles. The Labute approximate surface area is 86.8 Å². The Morgan fingerprint density at radius 3 is 2.36 bits per heavy atom. The molecule has 0 aliphatic rings. The van der Waals surface area contributed by atoms with Gasteiger partial charge in [0.05, 0.1) is 5.92 Å². The number of unbranched alkanes of at least 4 members (excludes halogenated alkanes) is 3. The number of carbonyl (C=O) groups is 1. The summed E-state index contributed by atoms with van der Waals surface area (Å²) in [6.45, 7) is 4.02. The van der Waals surface area contributed by atoms with Gasteiger partial charge in [-0.1, -0.05) is 39.5 Å². The van der Waals surface area contributed by atoms with E-state index >= 15 is 0 Å². The van der Waals surface area contributed by atoms with Crippen molar-refractivity contribution in [3.63, 3.8) is 0 Å². The first-order chi connectivity index (χ1) is 6.63. The normalized spacial score (nSPS) is 13.8. The van der Waals surface area contributed by atoms with Crippen LogP contribution in [0, 0.1) is 5.92 Å². The Hall–Kier alpha value is -0.270. The zero-order valence-electron chi connectivity index (χ0n) is 9.03. The Morgan fingerprint density at radius 1 is 1.29 bits per heavy atom. The maximum Gasteiger partial charge on any atom is 0.585 e. The minimum atomic E-state index is -2.62. The third-order valence-electron chi connectivity index (χ3n) is 2.44. The van der Waals surface area contributed by atoms with Crippen molar-refractivity contribution >= 4 is 13.6 Å². The fraction of sp³-hybridized carbons (Fsp3) is 0.900. The van der Waals surface area contributed by atoms with Crippen LogP contribution in [0.3, 0.4) is 0 Å². The van der Waals surface area contributed by atoms with E-state index in [4.69, 9.17) is 4.89 Å². The Balaban J connectivity index is 3.79. The molecule has 2 unspecified atom stereocenters. The van der Waals surface area contributed by atoms with E-state index in [2.05, 4.69) is 6.92 Å². The molecule has 0 heterocycles. The van der Waals surface area contributed by atoms with Gasteiger partial charge in [0, 0.05) is 0 Å². The van der Waals surface area contributed by atoms with Gasteiger partial charge in [0.2, 0.25) is 0 Å². The highest BCUT2D eigenvalue weighted by Gasteiger charge is 2.33. The van der Waals surface area contributed by atoms with Crippen molar-refractivity contribution in [3.05, 3.63) is 0 Å². The summed E-state index contributed by atoms with van der Waals surface area (Å²) in [5, 5.41) is 0. The Bertz CT molecular complexity index is 192. The molecule has 0 rings (SSSR count). The Kier molecular flexibility index (Phi) is 7.92. The maximum absolute atomic E-state index is 11.2. The maximum atomic E-state index is 11.2. The second-order valence-corrected chi connectivity index (χ2v) is 4.55. The van der Waals surface area contributed by atoms with Crippen LogP contribution in [0.15, 0.2) is 0 Å². The van der Waals surface area contributed by atoms with Gasteiger partial charge in [-0.3, -0.25) is 0 Å². The predicted molar refractivity (Wildman–Crippen MR) is 57.4 cm³/mol. The summed E-state index contributed by atoms with van der Waals surface area (Å²) in [7, 11) is -2.62. The number of rotatable bonds is 8. The van der Waals surface area contributed by atoms with Crippen molar-refractivity contribution in [1.29, 1.82) is 0 Å². The zero-order chi connectivity index (χ0) is 11.0. The van der Waals surface area contributed by atoms with Crippen molar-refractivity contribution in [2.75, 3.05) is 0 Å². The topological polar surface area (TPSA) is 54.4 Å². The van der Waals surface area contributed by atoms with Crippen LogP contribution < -0.4 is 0 Å². The minimum absolute atomic E-state index is 0.208. The average molecular weight is 219 g/mol. The second-order valence-electron chi connectivity index (χ2n) is 3.57. The quantitative estimate of drug-likeness (QED) is 0.503. The molecule has 0 bridgehead atoms. The van der Waals surface area contributed by atoms with E-state index in [0.29, 0.717) is 6.42 Å². The van der Waals surface area contributed by atoms with Crippen LogP contribution in [0.2, 0.25) is 0 Å². The van der Waals surface area contributed by atoms with Crippen LogP contribution in [-0.4, -0.2) is 10.4 Å². The molecule has 14 heavy (non-hydrogen) atoms. The first-order valence-electron chi connectivity index (χ1n) is 5.33. The van der Waals surface area contributed by atoms with Gasteiger partial charge in [-0.05, 0) is 17.4 Å². The number of hydrogen-bond acceptors (Lipinski definition) is 2. The first-order valence-corrected chi connectivity index (χ1v) is 6.54. The lowest BCUT2D eigenvalue weighted by Gasteiger charge is -2.05. The molecule has 82 valence electrons. The van der Waals surface area contributed by atoms with E-state index < -0.39 is 13.6 Å². The summed E-state index contributed by atoms with van der Waals surface area (Å²) >= 11 is 0. The highest BCUT2D eigenvalue weighted by Crippen LogP contribution is 2.26. The molecule has 0 radical (unpaired) electrons. The SMILES string of the molecule is CCCCCCC(CC)C(=O)[P+](=O)O. The molecule has 4 heteroatoms. The van der Waals surface area contributed by atoms with Gasteiger partial charge in [0.1, 0.15) is 0 Å². The van der Waals surface area contributed by atoms with E-state index in [1.807, 2.05) is 6.92 Å². The summed E-state index contributed by atoms with van der Waals surface area (Å²) < 4.78 is 10.6. The highest BCUT2D eigenvalue weighted by atomic mass is 31.1. The van der Waals surface area contributed by atoms with Gasteiger partial charge >= 0.3 is 13.6 Å². The van der Waals surface area contributed by atoms with Crippen LogP contribution in [0.4, 0.5) is 0 Å². The van der Waals surface area contributed by atoms with Crippen LogP contribution in [-0.2, 0) is 9.36 Å². The fourth-order valence-electron chi connectivity index (χ4n) is 1.48. The molecular weight excluding hydrogens is 199 g/mol. The van der Waals surface area contributed by atoms with Crippen LogP contribution in [0.1, 0.15) is 52.4 Å². The van der Waals surface area contributed by atoms with Gasteiger partial charge in [0.25, 0.3) is 0 Å². The third-order valence-corrected chi connectivity index (χ3v) is 3.18. The highest BCUT2D eigenvalue weighted by molar-refractivity contribution is 7.58. The molecule has 1 N–H and O–H groups in total. The molecule has 0 aromatic carbocycles. The van der Waals surface area contributed by atoms with Crippen molar-refractivity contribution in [1.82, 2.24) is 0 Å².